The summed E-state index contributed by atoms with van der Waals surface area (Å²) >= 11 is 1.43. The molecule has 0 saturated heterocycles. The SMILES string of the molecule is CCNC(=O)NCc1cc(F)ccc1-c1cc(-c2cnc(NC(C)C)s2)nc(NC[C@H](O)CO)n1. The standard InChI is InChI=1S/C23H30FN7O3S/c1-4-25-22(34)27-9-14-7-15(24)5-6-17(14)18-8-19(20-11-28-23(35-20)29-13(2)3)31-21(30-18)26-10-16(33)12-32/h5-8,11,13,16,32-33H,4,9-10,12H2,1-3H3,(H,28,29)(H2,25,27,34)(H,26,30,31)/t16-/m0/s1. The number of thiazole rings is 1. The highest BCUT2D eigenvalue weighted by atomic mass is 32.1. The molecular formula is C23H30FN7O3S. The van der Waals surface area contributed by atoms with Crippen LogP contribution in [0.2, 0.25) is 0 Å². The third kappa shape index (κ3) is 7.57. The number of hydrogen-bond acceptors (Lipinski definition) is 9. The Bertz CT molecular complexity index is 1140. The van der Waals surface area contributed by atoms with E-state index < -0.39 is 18.5 Å². The molecule has 12 heteroatoms. The molecule has 2 heterocycles. The van der Waals surface area contributed by atoms with Crippen LogP contribution in [-0.4, -0.2) is 63.0 Å². The normalized spacial score (nSPS) is 11.9. The van der Waals surface area contributed by atoms with Crippen molar-refractivity contribution in [2.75, 3.05) is 30.3 Å². The van der Waals surface area contributed by atoms with Gasteiger partial charge in [-0.15, -0.1) is 0 Å². The first-order chi connectivity index (χ1) is 16.8. The number of benzene rings is 1. The number of halogens is 1. The largest absolute Gasteiger partial charge is 0.394 e. The minimum absolute atomic E-state index is 0.0389. The van der Waals surface area contributed by atoms with Crippen molar-refractivity contribution >= 4 is 28.4 Å². The summed E-state index contributed by atoms with van der Waals surface area (Å²) < 4.78 is 14.1. The van der Waals surface area contributed by atoms with Gasteiger partial charge in [0.25, 0.3) is 0 Å². The van der Waals surface area contributed by atoms with Crippen LogP contribution in [0, 0.1) is 5.82 Å². The van der Waals surface area contributed by atoms with Gasteiger partial charge < -0.3 is 31.5 Å². The van der Waals surface area contributed by atoms with E-state index in [1.807, 2.05) is 13.8 Å². The smallest absolute Gasteiger partial charge is 0.315 e. The average molecular weight is 504 g/mol. The van der Waals surface area contributed by atoms with Gasteiger partial charge >= 0.3 is 6.03 Å². The Morgan fingerprint density at radius 2 is 1.94 bits per heavy atom. The average Bonchev–Trinajstić information content (AvgIpc) is 3.29. The third-order valence-corrected chi connectivity index (χ3v) is 5.67. The van der Waals surface area contributed by atoms with Crippen LogP contribution in [0.4, 0.5) is 20.3 Å². The number of urea groups is 1. The lowest BCUT2D eigenvalue weighted by Gasteiger charge is -2.14. The number of nitrogens with one attached hydrogen (secondary N) is 4. The number of carbonyl (C=O) groups is 1. The van der Waals surface area contributed by atoms with E-state index in [-0.39, 0.29) is 31.1 Å². The van der Waals surface area contributed by atoms with Crippen molar-refractivity contribution in [1.82, 2.24) is 25.6 Å². The third-order valence-electron chi connectivity index (χ3n) is 4.72. The zero-order chi connectivity index (χ0) is 25.4. The molecule has 1 atom stereocenters. The maximum atomic E-state index is 14.1. The van der Waals surface area contributed by atoms with Crippen LogP contribution in [0.25, 0.3) is 21.8 Å². The highest BCUT2D eigenvalue weighted by Gasteiger charge is 2.16. The Hall–Kier alpha value is -3.35. The van der Waals surface area contributed by atoms with Crippen molar-refractivity contribution in [2.45, 2.75) is 39.5 Å². The van der Waals surface area contributed by atoms with E-state index >= 15 is 0 Å². The number of amides is 2. The summed E-state index contributed by atoms with van der Waals surface area (Å²) in [7, 11) is 0. The molecule has 35 heavy (non-hydrogen) atoms. The van der Waals surface area contributed by atoms with Gasteiger partial charge in [-0.2, -0.15) is 0 Å². The molecule has 3 rings (SSSR count). The fraction of sp³-hybridized carbons (Fsp3) is 0.391. The van der Waals surface area contributed by atoms with Gasteiger partial charge in [0.2, 0.25) is 5.95 Å². The molecule has 0 aliphatic carbocycles. The fourth-order valence-electron chi connectivity index (χ4n) is 3.13. The Labute approximate surface area is 207 Å². The number of carbonyl (C=O) groups excluding carboxylic acids is 1. The Kier molecular flexibility index (Phi) is 9.29. The molecule has 0 radical (unpaired) electrons. The van der Waals surface area contributed by atoms with Crippen LogP contribution in [0.3, 0.4) is 0 Å². The molecule has 1 aromatic carbocycles. The van der Waals surface area contributed by atoms with E-state index in [0.717, 1.165) is 10.0 Å². The van der Waals surface area contributed by atoms with E-state index in [0.29, 0.717) is 29.1 Å². The Morgan fingerprint density at radius 3 is 2.66 bits per heavy atom. The van der Waals surface area contributed by atoms with E-state index in [2.05, 4.69) is 36.2 Å². The molecule has 2 amide bonds. The summed E-state index contributed by atoms with van der Waals surface area (Å²) in [4.78, 5) is 26.2. The second-order valence-electron chi connectivity index (χ2n) is 8.02. The van der Waals surface area contributed by atoms with E-state index in [9.17, 15) is 14.3 Å². The highest BCUT2D eigenvalue weighted by Crippen LogP contribution is 2.32. The second-order valence-corrected chi connectivity index (χ2v) is 9.05. The molecule has 0 bridgehead atoms. The summed E-state index contributed by atoms with van der Waals surface area (Å²) in [5.41, 5.74) is 2.23. The fourth-order valence-corrected chi connectivity index (χ4v) is 4.05. The van der Waals surface area contributed by atoms with Crippen molar-refractivity contribution in [3.8, 4) is 21.8 Å². The zero-order valence-electron chi connectivity index (χ0n) is 19.8. The van der Waals surface area contributed by atoms with Crippen molar-refractivity contribution in [3.63, 3.8) is 0 Å². The number of aliphatic hydroxyl groups excluding tert-OH is 2. The minimum atomic E-state index is -0.987. The van der Waals surface area contributed by atoms with Crippen LogP contribution < -0.4 is 21.3 Å². The molecule has 6 N–H and O–H groups in total. The van der Waals surface area contributed by atoms with Gasteiger partial charge in [0.05, 0.1) is 29.0 Å². The Balaban J connectivity index is 2.01. The highest BCUT2D eigenvalue weighted by molar-refractivity contribution is 7.18. The molecule has 2 aromatic heterocycles. The predicted molar refractivity (Wildman–Crippen MR) is 135 cm³/mol. The van der Waals surface area contributed by atoms with Gasteiger partial charge in [0, 0.05) is 37.4 Å². The van der Waals surface area contributed by atoms with Gasteiger partial charge in [-0.1, -0.05) is 11.3 Å². The number of anilines is 2. The second kappa shape index (κ2) is 12.4. The topological polar surface area (TPSA) is 144 Å². The van der Waals surface area contributed by atoms with Crippen LogP contribution in [0.15, 0.2) is 30.5 Å². The molecular weight excluding hydrogens is 473 g/mol. The first-order valence-electron chi connectivity index (χ1n) is 11.2. The molecule has 0 aliphatic rings. The molecule has 10 nitrogen and oxygen atoms in total. The summed E-state index contributed by atoms with van der Waals surface area (Å²) in [6.45, 7) is 6.02. The van der Waals surface area contributed by atoms with Gasteiger partial charge in [-0.25, -0.2) is 24.1 Å². The van der Waals surface area contributed by atoms with Crippen molar-refractivity contribution < 1.29 is 19.4 Å². The lowest BCUT2D eigenvalue weighted by molar-refractivity contribution is 0.105. The summed E-state index contributed by atoms with van der Waals surface area (Å²) in [5, 5.41) is 31.2. The van der Waals surface area contributed by atoms with Crippen molar-refractivity contribution in [3.05, 3.63) is 41.8 Å². The summed E-state index contributed by atoms with van der Waals surface area (Å²) in [6.07, 6.45) is 0.717. The lowest BCUT2D eigenvalue weighted by atomic mass is 10.0. The molecule has 0 fully saturated rings. The lowest BCUT2D eigenvalue weighted by Crippen LogP contribution is -2.34. The maximum absolute atomic E-state index is 14.1. The summed E-state index contributed by atoms with van der Waals surface area (Å²) in [6, 6.07) is 5.90. The molecule has 0 unspecified atom stereocenters. The first kappa shape index (κ1) is 26.3. The molecule has 0 saturated carbocycles. The molecule has 0 spiro atoms. The number of aliphatic hydroxyl groups is 2. The van der Waals surface area contributed by atoms with E-state index in [1.165, 1.54) is 23.5 Å². The number of aromatic nitrogens is 3. The van der Waals surface area contributed by atoms with Gasteiger partial charge in [0.1, 0.15) is 5.82 Å². The molecule has 0 aliphatic heterocycles. The summed E-state index contributed by atoms with van der Waals surface area (Å²) in [5.74, 6) is -0.212. The predicted octanol–water partition coefficient (Wildman–Crippen LogP) is 2.81. The van der Waals surface area contributed by atoms with Crippen LogP contribution in [0.5, 0.6) is 0 Å². The molecule has 188 valence electrons. The van der Waals surface area contributed by atoms with E-state index in [1.54, 1.807) is 25.3 Å². The van der Waals surface area contributed by atoms with Crippen molar-refractivity contribution in [2.24, 2.45) is 0 Å². The van der Waals surface area contributed by atoms with Crippen LogP contribution in [-0.2, 0) is 6.54 Å². The van der Waals surface area contributed by atoms with Crippen LogP contribution in [0.1, 0.15) is 26.3 Å². The Morgan fingerprint density at radius 1 is 1.17 bits per heavy atom. The van der Waals surface area contributed by atoms with E-state index in [4.69, 9.17) is 5.11 Å². The minimum Gasteiger partial charge on any atom is -0.394 e. The van der Waals surface area contributed by atoms with Gasteiger partial charge in [-0.3, -0.25) is 0 Å². The quantitative estimate of drug-likeness (QED) is 0.234. The number of hydrogen-bond donors (Lipinski definition) is 6. The number of rotatable bonds is 11. The maximum Gasteiger partial charge on any atom is 0.315 e. The first-order valence-corrected chi connectivity index (χ1v) is 12.1. The van der Waals surface area contributed by atoms with Crippen LogP contribution >= 0.6 is 11.3 Å². The van der Waals surface area contributed by atoms with Gasteiger partial charge in [0.15, 0.2) is 5.13 Å². The molecule has 3 aromatic rings. The van der Waals surface area contributed by atoms with Crippen molar-refractivity contribution in [1.29, 1.82) is 0 Å². The zero-order valence-corrected chi connectivity index (χ0v) is 20.6. The number of nitrogens with zero attached hydrogens (tertiary/aromatic N) is 3. The van der Waals surface area contributed by atoms with Gasteiger partial charge in [-0.05, 0) is 50.6 Å². The monoisotopic (exact) mass is 503 g/mol.